The number of piperidine rings is 1. The van der Waals surface area contributed by atoms with Crippen molar-refractivity contribution in [1.82, 2.24) is 19.7 Å². The Morgan fingerprint density at radius 2 is 1.83 bits per heavy atom. The molecule has 1 aromatic heterocycles. The van der Waals surface area contributed by atoms with Crippen LogP contribution in [0.15, 0.2) is 24.3 Å². The SMILES string of the molecule is Cc1nc(C(=O)N2CCC(C(N)=O)CC2)nn1-c1ccc(Cl)cc1. The van der Waals surface area contributed by atoms with Crippen LogP contribution < -0.4 is 5.73 Å². The minimum atomic E-state index is -0.303. The number of carbonyl (C=O) groups excluding carboxylic acids is 2. The lowest BCUT2D eigenvalue weighted by Crippen LogP contribution is -2.42. The zero-order valence-corrected chi connectivity index (χ0v) is 14.0. The lowest BCUT2D eigenvalue weighted by molar-refractivity contribution is -0.123. The average Bonchev–Trinajstić information content (AvgIpc) is 2.97. The number of aryl methyl sites for hydroxylation is 1. The molecule has 0 unspecified atom stereocenters. The molecular formula is C16H18ClN5O2. The second kappa shape index (κ2) is 6.60. The van der Waals surface area contributed by atoms with Gasteiger partial charge in [-0.25, -0.2) is 9.67 Å². The molecule has 0 saturated carbocycles. The molecule has 0 bridgehead atoms. The smallest absolute Gasteiger partial charge is 0.293 e. The number of carbonyl (C=O) groups is 2. The molecule has 1 saturated heterocycles. The van der Waals surface area contributed by atoms with Gasteiger partial charge in [0.05, 0.1) is 5.69 Å². The molecule has 1 fully saturated rings. The largest absolute Gasteiger partial charge is 0.369 e. The van der Waals surface area contributed by atoms with Crippen LogP contribution in [0.5, 0.6) is 0 Å². The summed E-state index contributed by atoms with van der Waals surface area (Å²) in [4.78, 5) is 29.7. The van der Waals surface area contributed by atoms with E-state index < -0.39 is 0 Å². The van der Waals surface area contributed by atoms with Gasteiger partial charge in [0.1, 0.15) is 5.82 Å². The van der Waals surface area contributed by atoms with Crippen LogP contribution in [0.25, 0.3) is 5.69 Å². The molecule has 1 aromatic carbocycles. The normalized spacial score (nSPS) is 15.5. The van der Waals surface area contributed by atoms with E-state index in [1.54, 1.807) is 28.6 Å². The maximum Gasteiger partial charge on any atom is 0.293 e. The highest BCUT2D eigenvalue weighted by atomic mass is 35.5. The second-order valence-electron chi connectivity index (χ2n) is 5.84. The number of nitrogens with two attached hydrogens (primary N) is 1. The van der Waals surface area contributed by atoms with Crippen LogP contribution in [0.4, 0.5) is 0 Å². The third-order valence-corrected chi connectivity index (χ3v) is 4.47. The number of hydrogen-bond donors (Lipinski definition) is 1. The highest BCUT2D eigenvalue weighted by molar-refractivity contribution is 6.30. The molecule has 0 spiro atoms. The maximum atomic E-state index is 12.6. The van der Waals surface area contributed by atoms with E-state index in [2.05, 4.69) is 10.1 Å². The monoisotopic (exact) mass is 347 g/mol. The summed E-state index contributed by atoms with van der Waals surface area (Å²) in [5.41, 5.74) is 6.11. The van der Waals surface area contributed by atoms with E-state index in [0.29, 0.717) is 36.8 Å². The Bertz CT molecular complexity index is 763. The van der Waals surface area contributed by atoms with Crippen LogP contribution in [0.2, 0.25) is 5.02 Å². The van der Waals surface area contributed by atoms with Crippen molar-refractivity contribution in [3.63, 3.8) is 0 Å². The average molecular weight is 348 g/mol. The van der Waals surface area contributed by atoms with Crippen molar-refractivity contribution in [2.75, 3.05) is 13.1 Å². The number of aromatic nitrogens is 3. The molecule has 0 radical (unpaired) electrons. The molecule has 1 aliphatic heterocycles. The number of rotatable bonds is 3. The first-order valence-electron chi connectivity index (χ1n) is 7.74. The molecule has 2 amide bonds. The van der Waals surface area contributed by atoms with Gasteiger partial charge in [0, 0.05) is 24.0 Å². The van der Waals surface area contributed by atoms with Crippen molar-refractivity contribution in [2.45, 2.75) is 19.8 Å². The summed E-state index contributed by atoms with van der Waals surface area (Å²) in [7, 11) is 0. The Kier molecular flexibility index (Phi) is 4.53. The molecule has 8 heteroatoms. The molecule has 0 atom stereocenters. The van der Waals surface area contributed by atoms with Crippen LogP contribution >= 0.6 is 11.6 Å². The summed E-state index contributed by atoms with van der Waals surface area (Å²) in [6.07, 6.45) is 1.16. The highest BCUT2D eigenvalue weighted by Gasteiger charge is 2.28. The van der Waals surface area contributed by atoms with Crippen LogP contribution in [0, 0.1) is 12.8 Å². The van der Waals surface area contributed by atoms with Gasteiger partial charge in [-0.05, 0) is 44.0 Å². The summed E-state index contributed by atoms with van der Waals surface area (Å²) in [6, 6.07) is 7.15. The first kappa shape index (κ1) is 16.4. The van der Waals surface area contributed by atoms with Crippen LogP contribution in [-0.4, -0.2) is 44.6 Å². The van der Waals surface area contributed by atoms with Gasteiger partial charge in [0.25, 0.3) is 5.91 Å². The Morgan fingerprint density at radius 3 is 2.42 bits per heavy atom. The number of hydrogen-bond acceptors (Lipinski definition) is 4. The summed E-state index contributed by atoms with van der Waals surface area (Å²) in [5, 5.41) is 4.95. The van der Waals surface area contributed by atoms with Crippen molar-refractivity contribution in [1.29, 1.82) is 0 Å². The lowest BCUT2D eigenvalue weighted by Gasteiger charge is -2.29. The van der Waals surface area contributed by atoms with Crippen LogP contribution in [-0.2, 0) is 4.79 Å². The molecule has 2 heterocycles. The minimum Gasteiger partial charge on any atom is -0.369 e. The molecule has 1 aliphatic rings. The molecule has 2 N–H and O–H groups in total. The Morgan fingerprint density at radius 1 is 1.21 bits per heavy atom. The number of benzene rings is 1. The van der Waals surface area contributed by atoms with Gasteiger partial charge in [-0.2, -0.15) is 0 Å². The van der Waals surface area contributed by atoms with E-state index >= 15 is 0 Å². The van der Waals surface area contributed by atoms with E-state index in [9.17, 15) is 9.59 Å². The van der Waals surface area contributed by atoms with Crippen molar-refractivity contribution >= 4 is 23.4 Å². The van der Waals surface area contributed by atoms with Crippen LogP contribution in [0.1, 0.15) is 29.3 Å². The van der Waals surface area contributed by atoms with Gasteiger partial charge in [-0.15, -0.1) is 5.10 Å². The van der Waals surface area contributed by atoms with Crippen molar-refractivity contribution in [2.24, 2.45) is 11.7 Å². The maximum absolute atomic E-state index is 12.6. The first-order chi connectivity index (χ1) is 11.5. The predicted molar refractivity (Wildman–Crippen MR) is 88.9 cm³/mol. The Hall–Kier alpha value is -2.41. The first-order valence-corrected chi connectivity index (χ1v) is 8.11. The Balaban J connectivity index is 1.76. The molecule has 3 rings (SSSR count). The number of amides is 2. The van der Waals surface area contributed by atoms with Gasteiger partial charge in [0.2, 0.25) is 11.7 Å². The fourth-order valence-electron chi connectivity index (χ4n) is 2.82. The summed E-state index contributed by atoms with van der Waals surface area (Å²) in [5.74, 6) is 0.0832. The van der Waals surface area contributed by atoms with Crippen molar-refractivity contribution < 1.29 is 9.59 Å². The van der Waals surface area contributed by atoms with Gasteiger partial charge in [-0.3, -0.25) is 9.59 Å². The third kappa shape index (κ3) is 3.26. The number of nitrogens with zero attached hydrogens (tertiary/aromatic N) is 4. The fraction of sp³-hybridized carbons (Fsp3) is 0.375. The topological polar surface area (TPSA) is 94.1 Å². The van der Waals surface area contributed by atoms with Crippen LogP contribution in [0.3, 0.4) is 0 Å². The lowest BCUT2D eigenvalue weighted by atomic mass is 9.96. The number of primary amides is 1. The van der Waals surface area contributed by atoms with E-state index in [-0.39, 0.29) is 23.6 Å². The fourth-order valence-corrected chi connectivity index (χ4v) is 2.94. The number of halogens is 1. The highest BCUT2D eigenvalue weighted by Crippen LogP contribution is 2.19. The standard InChI is InChI=1S/C16H18ClN5O2/c1-10-19-15(20-22(10)13-4-2-12(17)3-5-13)16(24)21-8-6-11(7-9-21)14(18)23/h2-5,11H,6-9H2,1H3,(H2,18,23). The molecule has 126 valence electrons. The van der Waals surface area contributed by atoms with Gasteiger partial charge >= 0.3 is 0 Å². The van der Waals surface area contributed by atoms with Gasteiger partial charge in [-0.1, -0.05) is 11.6 Å². The predicted octanol–water partition coefficient (Wildman–Crippen LogP) is 1.57. The van der Waals surface area contributed by atoms with Crippen molar-refractivity contribution in [3.8, 4) is 5.69 Å². The van der Waals surface area contributed by atoms with Gasteiger partial charge < -0.3 is 10.6 Å². The van der Waals surface area contributed by atoms with E-state index in [4.69, 9.17) is 17.3 Å². The quantitative estimate of drug-likeness (QED) is 0.911. The zero-order valence-electron chi connectivity index (χ0n) is 13.3. The van der Waals surface area contributed by atoms with E-state index in [0.717, 1.165) is 5.69 Å². The second-order valence-corrected chi connectivity index (χ2v) is 6.28. The molecular weight excluding hydrogens is 330 g/mol. The summed E-state index contributed by atoms with van der Waals surface area (Å²) < 4.78 is 1.61. The van der Waals surface area contributed by atoms with Crippen molar-refractivity contribution in [3.05, 3.63) is 40.9 Å². The number of likely N-dealkylation sites (tertiary alicyclic amines) is 1. The summed E-state index contributed by atoms with van der Waals surface area (Å²) in [6.45, 7) is 2.76. The third-order valence-electron chi connectivity index (χ3n) is 4.22. The Labute approximate surface area is 144 Å². The molecule has 24 heavy (non-hydrogen) atoms. The molecule has 0 aliphatic carbocycles. The summed E-state index contributed by atoms with van der Waals surface area (Å²) >= 11 is 5.89. The zero-order chi connectivity index (χ0) is 17.3. The van der Waals surface area contributed by atoms with Gasteiger partial charge in [0.15, 0.2) is 0 Å². The molecule has 2 aromatic rings. The minimum absolute atomic E-state index is 0.153. The molecule has 7 nitrogen and oxygen atoms in total. The van der Waals surface area contributed by atoms with E-state index in [1.165, 1.54) is 0 Å². The van der Waals surface area contributed by atoms with E-state index in [1.807, 2.05) is 12.1 Å².